The Kier molecular flexibility index (Phi) is 6.89. The summed E-state index contributed by atoms with van der Waals surface area (Å²) in [4.78, 5) is 15.9. The summed E-state index contributed by atoms with van der Waals surface area (Å²) in [6.07, 6.45) is -2.11. The van der Waals surface area contributed by atoms with E-state index >= 15 is 0 Å². The van der Waals surface area contributed by atoms with Crippen molar-refractivity contribution in [3.8, 4) is 5.69 Å². The highest BCUT2D eigenvalue weighted by atomic mass is 32.2. The molecule has 0 aliphatic heterocycles. The first-order chi connectivity index (χ1) is 15.4. The van der Waals surface area contributed by atoms with Crippen LogP contribution >= 0.6 is 0 Å². The number of hydrogen-bond acceptors (Lipinski definition) is 5. The number of sulfonamides is 1. The smallest absolute Gasteiger partial charge is 0.351 e. The van der Waals surface area contributed by atoms with E-state index < -0.39 is 40.8 Å². The molecule has 176 valence electrons. The molecule has 0 fully saturated rings. The number of aromatic nitrogens is 3. The number of benzene rings is 1. The van der Waals surface area contributed by atoms with E-state index in [2.05, 4.69) is 15.4 Å². The van der Waals surface area contributed by atoms with E-state index in [1.165, 1.54) is 42.2 Å². The van der Waals surface area contributed by atoms with Gasteiger partial charge in [-0.05, 0) is 49.7 Å². The lowest BCUT2D eigenvalue weighted by Gasteiger charge is -2.18. The van der Waals surface area contributed by atoms with Crippen LogP contribution < -0.4 is 5.32 Å². The number of halogens is 3. The summed E-state index contributed by atoms with van der Waals surface area (Å²) in [5.74, 6) is -0.749. The predicted octanol–water partition coefficient (Wildman–Crippen LogP) is 2.84. The third-order valence-electron chi connectivity index (χ3n) is 4.84. The predicted molar refractivity (Wildman–Crippen MR) is 114 cm³/mol. The largest absolute Gasteiger partial charge is 0.416 e. The summed E-state index contributed by atoms with van der Waals surface area (Å²) >= 11 is 0. The van der Waals surface area contributed by atoms with E-state index in [1.54, 1.807) is 19.9 Å². The second-order valence-corrected chi connectivity index (χ2v) is 9.45. The highest BCUT2D eigenvalue weighted by Crippen LogP contribution is 2.33. The average molecular weight is 482 g/mol. The highest BCUT2D eigenvalue weighted by Gasteiger charge is 2.34. The molecule has 0 radical (unpaired) electrons. The molecular weight excluding hydrogens is 459 g/mol. The van der Waals surface area contributed by atoms with Gasteiger partial charge in [0.15, 0.2) is 0 Å². The van der Waals surface area contributed by atoms with E-state index in [0.717, 1.165) is 16.6 Å². The van der Waals surface area contributed by atoms with Gasteiger partial charge in [0.2, 0.25) is 15.9 Å². The molecule has 33 heavy (non-hydrogen) atoms. The third-order valence-corrected chi connectivity index (χ3v) is 6.62. The second kappa shape index (κ2) is 9.32. The molecule has 1 N–H and O–H groups in total. The Morgan fingerprint density at radius 2 is 1.91 bits per heavy atom. The summed E-state index contributed by atoms with van der Waals surface area (Å²) in [5, 5.41) is 6.56. The molecule has 8 nitrogen and oxygen atoms in total. The minimum atomic E-state index is -4.66. The lowest BCUT2D eigenvalue weighted by molar-refractivity contribution is -0.138. The van der Waals surface area contributed by atoms with E-state index in [-0.39, 0.29) is 16.1 Å². The summed E-state index contributed by atoms with van der Waals surface area (Å²) in [5.41, 5.74) is 0.524. The number of hydrogen-bond donors (Lipinski definition) is 1. The zero-order valence-corrected chi connectivity index (χ0v) is 18.9. The van der Waals surface area contributed by atoms with Crippen molar-refractivity contribution in [2.45, 2.75) is 31.5 Å². The molecule has 0 spiro atoms. The van der Waals surface area contributed by atoms with Crippen molar-refractivity contribution in [3.63, 3.8) is 0 Å². The Bertz CT molecular complexity index is 1260. The van der Waals surface area contributed by atoms with Gasteiger partial charge in [0, 0.05) is 31.7 Å². The molecule has 2 heterocycles. The summed E-state index contributed by atoms with van der Waals surface area (Å²) < 4.78 is 68.2. The lowest BCUT2D eigenvalue weighted by atomic mass is 10.1. The van der Waals surface area contributed by atoms with Crippen LogP contribution in [0, 0.1) is 13.8 Å². The molecule has 0 aliphatic rings. The van der Waals surface area contributed by atoms with Crippen LogP contribution in [0.2, 0.25) is 0 Å². The van der Waals surface area contributed by atoms with Crippen molar-refractivity contribution in [2.24, 2.45) is 0 Å². The average Bonchev–Trinajstić information content (AvgIpc) is 3.10. The number of pyridine rings is 1. The Balaban J connectivity index is 1.75. The van der Waals surface area contributed by atoms with E-state index in [1.807, 2.05) is 0 Å². The molecular formula is C21H22F3N5O3S. The van der Waals surface area contributed by atoms with Crippen LogP contribution in [0.3, 0.4) is 0 Å². The molecule has 0 saturated heterocycles. The van der Waals surface area contributed by atoms with E-state index in [9.17, 15) is 26.4 Å². The number of aryl methyl sites for hydroxylation is 2. The first-order valence-corrected chi connectivity index (χ1v) is 11.2. The van der Waals surface area contributed by atoms with Crippen LogP contribution in [0.25, 0.3) is 5.69 Å². The molecule has 12 heteroatoms. The number of nitrogens with zero attached hydrogens (tertiary/aromatic N) is 4. The maximum atomic E-state index is 13.7. The minimum absolute atomic E-state index is 0.0978. The van der Waals surface area contributed by atoms with Gasteiger partial charge >= 0.3 is 6.18 Å². The number of amides is 1. The Hall–Kier alpha value is -3.25. The summed E-state index contributed by atoms with van der Waals surface area (Å²) in [6.45, 7) is 2.48. The fourth-order valence-electron chi connectivity index (χ4n) is 3.22. The Morgan fingerprint density at radius 1 is 1.18 bits per heavy atom. The van der Waals surface area contributed by atoms with Crippen molar-refractivity contribution < 1.29 is 26.4 Å². The van der Waals surface area contributed by atoms with Gasteiger partial charge in [-0.3, -0.25) is 9.78 Å². The van der Waals surface area contributed by atoms with Crippen LogP contribution in [0.15, 0.2) is 53.7 Å². The van der Waals surface area contributed by atoms with Gasteiger partial charge in [0.05, 0.1) is 23.5 Å². The zero-order valence-electron chi connectivity index (χ0n) is 18.1. The molecule has 3 aromatic rings. The zero-order chi connectivity index (χ0) is 24.4. The standard InChI is InChI=1S/C21H22F3N5O3S/c1-14-9-15(2)29(27-14)17-7-6-16(19(10-17)21(22,23)24)11-26-20(30)13-28(3)33(31,32)18-5-4-8-25-12-18/h4-10,12H,11,13H2,1-3H3,(H,26,30). The SMILES string of the molecule is Cc1cc(C)n(-c2ccc(CNC(=O)CN(C)S(=O)(=O)c3cccnc3)c(C(F)(F)F)c2)n1. The molecule has 0 aliphatic carbocycles. The lowest BCUT2D eigenvalue weighted by Crippen LogP contribution is -2.38. The van der Waals surface area contributed by atoms with Gasteiger partial charge in [-0.2, -0.15) is 22.6 Å². The number of carbonyl (C=O) groups is 1. The van der Waals surface area contributed by atoms with Crippen molar-refractivity contribution >= 4 is 15.9 Å². The van der Waals surface area contributed by atoms with Gasteiger partial charge in [0.1, 0.15) is 4.90 Å². The maximum absolute atomic E-state index is 13.7. The monoisotopic (exact) mass is 481 g/mol. The molecule has 2 aromatic heterocycles. The first-order valence-electron chi connectivity index (χ1n) is 9.76. The van der Waals surface area contributed by atoms with E-state index in [0.29, 0.717) is 11.4 Å². The Labute approximate surface area is 189 Å². The van der Waals surface area contributed by atoms with Gasteiger partial charge in [-0.25, -0.2) is 13.1 Å². The van der Waals surface area contributed by atoms with Gasteiger partial charge in [-0.15, -0.1) is 0 Å². The van der Waals surface area contributed by atoms with Crippen LogP contribution in [-0.2, 0) is 27.5 Å². The first kappa shape index (κ1) is 24.4. The second-order valence-electron chi connectivity index (χ2n) is 7.40. The fraction of sp³-hybridized carbons (Fsp3) is 0.286. The number of nitrogens with one attached hydrogen (secondary N) is 1. The quantitative estimate of drug-likeness (QED) is 0.560. The number of likely N-dealkylation sites (N-methyl/N-ethyl adjacent to an activating group) is 1. The fourth-order valence-corrected chi connectivity index (χ4v) is 4.31. The molecule has 1 aromatic carbocycles. The van der Waals surface area contributed by atoms with Crippen molar-refractivity contribution in [3.05, 3.63) is 71.3 Å². The molecule has 0 bridgehead atoms. The number of carbonyl (C=O) groups excluding carboxylic acids is 1. The Morgan fingerprint density at radius 3 is 2.48 bits per heavy atom. The number of rotatable bonds is 7. The molecule has 3 rings (SSSR count). The minimum Gasteiger partial charge on any atom is -0.351 e. The summed E-state index contributed by atoms with van der Waals surface area (Å²) in [6, 6.07) is 8.24. The third kappa shape index (κ3) is 5.57. The topological polar surface area (TPSA) is 97.2 Å². The van der Waals surface area contributed by atoms with Crippen molar-refractivity contribution in [1.82, 2.24) is 24.4 Å². The highest BCUT2D eigenvalue weighted by molar-refractivity contribution is 7.89. The molecule has 0 atom stereocenters. The van der Waals surface area contributed by atoms with Crippen molar-refractivity contribution in [2.75, 3.05) is 13.6 Å². The number of alkyl halides is 3. The molecule has 0 saturated carbocycles. The maximum Gasteiger partial charge on any atom is 0.416 e. The van der Waals surface area contributed by atoms with Crippen molar-refractivity contribution in [1.29, 1.82) is 0 Å². The summed E-state index contributed by atoms with van der Waals surface area (Å²) in [7, 11) is -2.77. The molecule has 0 unspecified atom stereocenters. The van der Waals surface area contributed by atoms with Crippen LogP contribution in [0.4, 0.5) is 13.2 Å². The van der Waals surface area contributed by atoms with Gasteiger partial charge in [-0.1, -0.05) is 6.07 Å². The normalized spacial score (nSPS) is 12.2. The van der Waals surface area contributed by atoms with Gasteiger partial charge in [0.25, 0.3) is 0 Å². The molecule has 1 amide bonds. The van der Waals surface area contributed by atoms with E-state index in [4.69, 9.17) is 0 Å². The van der Waals surface area contributed by atoms with Crippen LogP contribution in [-0.4, -0.2) is 47.0 Å². The van der Waals surface area contributed by atoms with Crippen LogP contribution in [0.1, 0.15) is 22.5 Å². The van der Waals surface area contributed by atoms with Gasteiger partial charge < -0.3 is 5.32 Å². The van der Waals surface area contributed by atoms with Crippen LogP contribution in [0.5, 0.6) is 0 Å².